The second-order valence-electron chi connectivity index (χ2n) is 6.88. The number of fused-ring (bicyclic) bond motifs is 2. The van der Waals surface area contributed by atoms with E-state index < -0.39 is 0 Å². The van der Waals surface area contributed by atoms with Gasteiger partial charge in [0.2, 0.25) is 5.91 Å². The fraction of sp³-hybridized carbons (Fsp3) is 0.400. The summed E-state index contributed by atoms with van der Waals surface area (Å²) < 4.78 is 0. The largest absolute Gasteiger partial charge is 0.359 e. The van der Waals surface area contributed by atoms with Crippen molar-refractivity contribution in [3.63, 3.8) is 0 Å². The molecular weight excluding hydrogens is 330 g/mol. The summed E-state index contributed by atoms with van der Waals surface area (Å²) in [6.45, 7) is 2.48. The third-order valence-electron chi connectivity index (χ3n) is 5.20. The molecule has 5 heteroatoms. The Kier molecular flexibility index (Phi) is 4.22. The van der Waals surface area contributed by atoms with Crippen molar-refractivity contribution >= 4 is 27.9 Å². The number of anilines is 2. The van der Waals surface area contributed by atoms with Crippen LogP contribution in [0.4, 0.5) is 10.7 Å². The van der Waals surface area contributed by atoms with E-state index in [2.05, 4.69) is 35.3 Å². The molecule has 0 saturated carbocycles. The van der Waals surface area contributed by atoms with Crippen molar-refractivity contribution in [2.75, 3.05) is 16.8 Å². The number of nitrogens with one attached hydrogen (secondary N) is 1. The first kappa shape index (κ1) is 16.2. The third-order valence-corrected chi connectivity index (χ3v) is 6.41. The van der Waals surface area contributed by atoms with Crippen LogP contribution in [0.2, 0.25) is 0 Å². The summed E-state index contributed by atoms with van der Waals surface area (Å²) in [5, 5.41) is 13.3. The molecule has 1 aliphatic carbocycles. The van der Waals surface area contributed by atoms with Gasteiger partial charge >= 0.3 is 0 Å². The Morgan fingerprint density at radius 2 is 2.16 bits per heavy atom. The molecule has 0 radical (unpaired) electrons. The number of benzene rings is 1. The first-order chi connectivity index (χ1) is 12.2. The molecule has 128 valence electrons. The zero-order valence-electron chi connectivity index (χ0n) is 14.3. The van der Waals surface area contributed by atoms with Crippen LogP contribution in [0, 0.1) is 11.3 Å². The minimum atomic E-state index is -0.0429. The van der Waals surface area contributed by atoms with Gasteiger partial charge in [0, 0.05) is 16.6 Å². The van der Waals surface area contributed by atoms with E-state index in [0.29, 0.717) is 18.2 Å². The van der Waals surface area contributed by atoms with Crippen molar-refractivity contribution in [3.8, 4) is 6.07 Å². The van der Waals surface area contributed by atoms with Gasteiger partial charge in [0.05, 0.1) is 12.1 Å². The maximum absolute atomic E-state index is 12.6. The molecule has 1 aromatic carbocycles. The maximum atomic E-state index is 12.6. The predicted molar refractivity (Wildman–Crippen MR) is 101 cm³/mol. The van der Waals surface area contributed by atoms with Gasteiger partial charge < -0.3 is 10.2 Å². The van der Waals surface area contributed by atoms with E-state index in [-0.39, 0.29) is 5.91 Å². The summed E-state index contributed by atoms with van der Waals surface area (Å²) in [4.78, 5) is 16.1. The molecular formula is C20H21N3OS. The lowest BCUT2D eigenvalue weighted by Crippen LogP contribution is -2.37. The number of carbonyl (C=O) groups is 1. The number of hydrogen-bond acceptors (Lipinski definition) is 4. The Labute approximate surface area is 152 Å². The van der Waals surface area contributed by atoms with E-state index >= 15 is 0 Å². The first-order valence-electron chi connectivity index (χ1n) is 8.86. The highest BCUT2D eigenvalue weighted by molar-refractivity contribution is 7.16. The van der Waals surface area contributed by atoms with Gasteiger partial charge in [-0.2, -0.15) is 5.26 Å². The molecule has 2 heterocycles. The number of para-hydroxylation sites is 1. The standard InChI is InChI=1S/C20H21N3OS/c1-13-10-14-6-2-4-8-17(14)23(13)12-19(24)22-20-16(11-21)15-7-3-5-9-18(15)25-20/h2,4,6,8,13H,3,5,7,9-10,12H2,1H3,(H,22,24)/t13-/m1/s1. The molecule has 1 N–H and O–H groups in total. The minimum absolute atomic E-state index is 0.0429. The van der Waals surface area contributed by atoms with Crippen molar-refractivity contribution in [3.05, 3.63) is 45.8 Å². The number of carbonyl (C=O) groups excluding carboxylic acids is 1. The van der Waals surface area contributed by atoms with Crippen LogP contribution in [-0.4, -0.2) is 18.5 Å². The predicted octanol–water partition coefficient (Wildman–Crippen LogP) is 3.89. The van der Waals surface area contributed by atoms with Crippen LogP contribution >= 0.6 is 11.3 Å². The highest BCUT2D eigenvalue weighted by atomic mass is 32.1. The van der Waals surface area contributed by atoms with Crippen LogP contribution in [0.3, 0.4) is 0 Å². The molecule has 0 bridgehead atoms. The molecule has 0 spiro atoms. The highest BCUT2D eigenvalue weighted by Gasteiger charge is 2.28. The Morgan fingerprint density at radius 1 is 1.36 bits per heavy atom. The fourth-order valence-electron chi connectivity index (χ4n) is 3.96. The minimum Gasteiger partial charge on any atom is -0.359 e. The summed E-state index contributed by atoms with van der Waals surface area (Å²) >= 11 is 1.59. The number of amides is 1. The first-order valence-corrected chi connectivity index (χ1v) is 9.68. The van der Waals surface area contributed by atoms with E-state index in [1.54, 1.807) is 11.3 Å². The van der Waals surface area contributed by atoms with E-state index in [1.165, 1.54) is 16.9 Å². The second kappa shape index (κ2) is 6.53. The van der Waals surface area contributed by atoms with Crippen LogP contribution in [0.25, 0.3) is 0 Å². The van der Waals surface area contributed by atoms with E-state index in [9.17, 15) is 10.1 Å². The van der Waals surface area contributed by atoms with Gasteiger partial charge in [0.1, 0.15) is 11.1 Å². The summed E-state index contributed by atoms with van der Waals surface area (Å²) in [5.41, 5.74) is 4.29. The van der Waals surface area contributed by atoms with E-state index in [0.717, 1.165) is 41.9 Å². The number of rotatable bonds is 3. The zero-order chi connectivity index (χ0) is 17.4. The number of nitriles is 1. The summed E-state index contributed by atoms with van der Waals surface area (Å²) in [7, 11) is 0. The number of nitrogens with zero attached hydrogens (tertiary/aromatic N) is 2. The number of hydrogen-bond donors (Lipinski definition) is 1. The van der Waals surface area contributed by atoms with Crippen molar-refractivity contribution in [1.82, 2.24) is 0 Å². The van der Waals surface area contributed by atoms with E-state index in [1.807, 2.05) is 12.1 Å². The molecule has 2 aromatic rings. The zero-order valence-corrected chi connectivity index (χ0v) is 15.2. The molecule has 25 heavy (non-hydrogen) atoms. The molecule has 1 aromatic heterocycles. The van der Waals surface area contributed by atoms with Crippen LogP contribution in [-0.2, 0) is 24.1 Å². The molecule has 1 amide bonds. The number of aryl methyl sites for hydroxylation is 1. The van der Waals surface area contributed by atoms with Crippen LogP contribution in [0.5, 0.6) is 0 Å². The molecule has 0 fully saturated rings. The molecule has 4 nitrogen and oxygen atoms in total. The van der Waals surface area contributed by atoms with Gasteiger partial charge in [-0.3, -0.25) is 4.79 Å². The second-order valence-corrected chi connectivity index (χ2v) is 7.99. The summed E-state index contributed by atoms with van der Waals surface area (Å²) in [5.74, 6) is -0.0429. The Hall–Kier alpha value is -2.32. The lowest BCUT2D eigenvalue weighted by molar-refractivity contribution is -0.115. The molecule has 2 aliphatic rings. The summed E-state index contributed by atoms with van der Waals surface area (Å²) in [6.07, 6.45) is 5.27. The maximum Gasteiger partial charge on any atom is 0.244 e. The van der Waals surface area contributed by atoms with Crippen molar-refractivity contribution in [1.29, 1.82) is 5.26 Å². The molecule has 1 atom stereocenters. The van der Waals surface area contributed by atoms with Crippen molar-refractivity contribution in [2.45, 2.75) is 45.1 Å². The topological polar surface area (TPSA) is 56.1 Å². The Balaban J connectivity index is 1.52. The molecule has 0 unspecified atom stereocenters. The molecule has 4 rings (SSSR count). The SMILES string of the molecule is C[C@@H]1Cc2ccccc2N1CC(=O)Nc1sc2c(c1C#N)CCCC2. The quantitative estimate of drug-likeness (QED) is 0.913. The summed E-state index contributed by atoms with van der Waals surface area (Å²) in [6, 6.07) is 10.9. The Bertz CT molecular complexity index is 864. The van der Waals surface area contributed by atoms with Crippen LogP contribution < -0.4 is 10.2 Å². The van der Waals surface area contributed by atoms with Gasteiger partial charge in [-0.15, -0.1) is 11.3 Å². The lowest BCUT2D eigenvalue weighted by atomic mass is 9.96. The van der Waals surface area contributed by atoms with Gasteiger partial charge in [-0.25, -0.2) is 0 Å². The monoisotopic (exact) mass is 351 g/mol. The molecule has 0 saturated heterocycles. The van der Waals surface area contributed by atoms with Crippen molar-refractivity contribution < 1.29 is 4.79 Å². The smallest absolute Gasteiger partial charge is 0.244 e. The highest BCUT2D eigenvalue weighted by Crippen LogP contribution is 2.38. The normalized spacial score (nSPS) is 18.4. The van der Waals surface area contributed by atoms with Gasteiger partial charge in [-0.1, -0.05) is 18.2 Å². The van der Waals surface area contributed by atoms with Crippen LogP contribution in [0.15, 0.2) is 24.3 Å². The fourth-order valence-corrected chi connectivity index (χ4v) is 5.22. The van der Waals surface area contributed by atoms with Gasteiger partial charge in [0.15, 0.2) is 0 Å². The van der Waals surface area contributed by atoms with Gasteiger partial charge in [-0.05, 0) is 56.2 Å². The van der Waals surface area contributed by atoms with E-state index in [4.69, 9.17) is 0 Å². The Morgan fingerprint density at radius 3 is 3.00 bits per heavy atom. The van der Waals surface area contributed by atoms with Crippen molar-refractivity contribution in [2.24, 2.45) is 0 Å². The van der Waals surface area contributed by atoms with Gasteiger partial charge in [0.25, 0.3) is 0 Å². The average Bonchev–Trinajstić information content (AvgIpc) is 3.12. The lowest BCUT2D eigenvalue weighted by Gasteiger charge is -2.24. The third kappa shape index (κ3) is 2.91. The van der Waals surface area contributed by atoms with Crippen LogP contribution in [0.1, 0.15) is 41.3 Å². The molecule has 1 aliphatic heterocycles. The number of thiophene rings is 1. The average molecular weight is 351 g/mol.